The lowest BCUT2D eigenvalue weighted by atomic mass is 10.4. The van der Waals surface area contributed by atoms with Gasteiger partial charge in [0.1, 0.15) is 16.7 Å². The van der Waals surface area contributed by atoms with Gasteiger partial charge in [0.15, 0.2) is 0 Å². The van der Waals surface area contributed by atoms with E-state index in [9.17, 15) is 0 Å². The molecule has 2 aromatic heterocycles. The van der Waals surface area contributed by atoms with Crippen molar-refractivity contribution in [1.29, 1.82) is 0 Å². The van der Waals surface area contributed by atoms with Gasteiger partial charge in [-0.05, 0) is 37.9 Å². The molecule has 0 aliphatic rings. The maximum absolute atomic E-state index is 4.07. The maximum atomic E-state index is 4.07. The van der Waals surface area contributed by atoms with Crippen LogP contribution in [0.4, 0.5) is 11.5 Å². The van der Waals surface area contributed by atoms with E-state index >= 15 is 0 Å². The third-order valence-corrected chi connectivity index (χ3v) is 2.48. The van der Waals surface area contributed by atoms with Crippen LogP contribution in [0, 0.1) is 0 Å². The molecule has 2 heterocycles. The third-order valence-electron chi connectivity index (χ3n) is 1.61. The summed E-state index contributed by atoms with van der Waals surface area (Å²) in [7, 11) is 0. The molecule has 6 heteroatoms. The largest absolute Gasteiger partial charge is 0.339 e. The fourth-order valence-corrected chi connectivity index (χ4v) is 1.70. The first-order valence-electron chi connectivity index (χ1n) is 4.09. The fourth-order valence-electron chi connectivity index (χ4n) is 1.03. The van der Waals surface area contributed by atoms with Gasteiger partial charge in [-0.2, -0.15) is 0 Å². The van der Waals surface area contributed by atoms with Crippen molar-refractivity contribution < 1.29 is 0 Å². The summed E-state index contributed by atoms with van der Waals surface area (Å²) >= 11 is 6.62. The SMILES string of the molecule is Brc1cncc(Nc2cc(Br)ncn2)c1. The molecule has 76 valence electrons. The molecule has 0 aromatic carbocycles. The first-order chi connectivity index (χ1) is 7.24. The van der Waals surface area contributed by atoms with Gasteiger partial charge < -0.3 is 5.32 Å². The Bertz CT molecular complexity index is 432. The average molecular weight is 330 g/mol. The van der Waals surface area contributed by atoms with Crippen molar-refractivity contribution in [2.75, 3.05) is 5.32 Å². The lowest BCUT2D eigenvalue weighted by Crippen LogP contribution is -1.94. The highest BCUT2D eigenvalue weighted by Gasteiger charge is 1.98. The highest BCUT2D eigenvalue weighted by molar-refractivity contribution is 9.10. The minimum Gasteiger partial charge on any atom is -0.339 e. The number of hydrogen-bond donors (Lipinski definition) is 1. The van der Waals surface area contributed by atoms with E-state index < -0.39 is 0 Å². The second-order valence-corrected chi connectivity index (χ2v) is 4.47. The van der Waals surface area contributed by atoms with E-state index in [0.717, 1.165) is 20.6 Å². The number of halogens is 2. The molecule has 1 N–H and O–H groups in total. The molecule has 0 spiro atoms. The van der Waals surface area contributed by atoms with Crippen LogP contribution >= 0.6 is 31.9 Å². The Balaban J connectivity index is 2.22. The number of nitrogens with zero attached hydrogens (tertiary/aromatic N) is 3. The molecular weight excluding hydrogens is 324 g/mol. The van der Waals surface area contributed by atoms with E-state index in [1.54, 1.807) is 18.5 Å². The van der Waals surface area contributed by atoms with Gasteiger partial charge in [0.2, 0.25) is 0 Å². The summed E-state index contributed by atoms with van der Waals surface area (Å²) < 4.78 is 1.66. The second-order valence-electron chi connectivity index (χ2n) is 2.74. The van der Waals surface area contributed by atoms with Gasteiger partial charge >= 0.3 is 0 Å². The van der Waals surface area contributed by atoms with Crippen LogP contribution < -0.4 is 5.32 Å². The Morgan fingerprint density at radius 1 is 1.07 bits per heavy atom. The summed E-state index contributed by atoms with van der Waals surface area (Å²) in [5, 5.41) is 3.11. The van der Waals surface area contributed by atoms with Crippen LogP contribution in [0.1, 0.15) is 0 Å². The molecule has 2 aromatic rings. The topological polar surface area (TPSA) is 50.7 Å². The molecule has 15 heavy (non-hydrogen) atoms. The zero-order chi connectivity index (χ0) is 10.7. The van der Waals surface area contributed by atoms with Crippen LogP contribution in [0.15, 0.2) is 39.9 Å². The normalized spacial score (nSPS) is 10.0. The van der Waals surface area contributed by atoms with Crippen molar-refractivity contribution in [2.24, 2.45) is 0 Å². The van der Waals surface area contributed by atoms with Crippen molar-refractivity contribution in [1.82, 2.24) is 15.0 Å². The van der Waals surface area contributed by atoms with E-state index in [-0.39, 0.29) is 0 Å². The molecule has 0 radical (unpaired) electrons. The molecule has 0 aliphatic carbocycles. The monoisotopic (exact) mass is 328 g/mol. The molecule has 2 rings (SSSR count). The molecule has 0 atom stereocenters. The summed E-state index contributed by atoms with van der Waals surface area (Å²) in [5.74, 6) is 0.719. The lowest BCUT2D eigenvalue weighted by Gasteiger charge is -2.04. The van der Waals surface area contributed by atoms with E-state index in [0.29, 0.717) is 0 Å². The summed E-state index contributed by atoms with van der Waals surface area (Å²) in [5.41, 5.74) is 0.870. The standard InChI is InChI=1S/C9H6Br2N4/c10-6-1-7(4-12-3-6)15-9-2-8(11)13-5-14-9/h1-5H,(H,13,14,15). The number of aromatic nitrogens is 3. The maximum Gasteiger partial charge on any atom is 0.134 e. The predicted molar refractivity (Wildman–Crippen MR) is 65.0 cm³/mol. The van der Waals surface area contributed by atoms with Gasteiger partial charge in [-0.25, -0.2) is 9.97 Å². The highest BCUT2D eigenvalue weighted by atomic mass is 79.9. The minimum atomic E-state index is 0.719. The van der Waals surface area contributed by atoms with Crippen LogP contribution in [0.3, 0.4) is 0 Å². The summed E-state index contributed by atoms with van der Waals surface area (Å²) in [6.07, 6.45) is 4.93. The van der Waals surface area contributed by atoms with Crippen molar-refractivity contribution in [3.05, 3.63) is 39.9 Å². The number of anilines is 2. The summed E-state index contributed by atoms with van der Waals surface area (Å²) in [4.78, 5) is 12.0. The quantitative estimate of drug-likeness (QED) is 0.860. The van der Waals surface area contributed by atoms with Gasteiger partial charge in [0.05, 0.1) is 11.9 Å². The van der Waals surface area contributed by atoms with Gasteiger partial charge in [0.25, 0.3) is 0 Å². The molecule has 0 unspecified atom stereocenters. The van der Waals surface area contributed by atoms with Gasteiger partial charge in [-0.1, -0.05) is 0 Å². The predicted octanol–water partition coefficient (Wildman–Crippen LogP) is 3.14. The Hall–Kier alpha value is -1.01. The van der Waals surface area contributed by atoms with Crippen LogP contribution in [0.2, 0.25) is 0 Å². The summed E-state index contributed by atoms with van der Waals surface area (Å²) in [6.45, 7) is 0. The fraction of sp³-hybridized carbons (Fsp3) is 0. The Morgan fingerprint density at radius 3 is 2.67 bits per heavy atom. The minimum absolute atomic E-state index is 0.719. The van der Waals surface area contributed by atoms with Crippen LogP contribution in [-0.2, 0) is 0 Å². The number of rotatable bonds is 2. The highest BCUT2D eigenvalue weighted by Crippen LogP contribution is 2.18. The Kier molecular flexibility index (Phi) is 3.27. The molecule has 0 aliphatic heterocycles. The lowest BCUT2D eigenvalue weighted by molar-refractivity contribution is 1.14. The molecule has 0 fully saturated rings. The van der Waals surface area contributed by atoms with E-state index in [1.807, 2.05) is 6.07 Å². The van der Waals surface area contributed by atoms with E-state index in [4.69, 9.17) is 0 Å². The third kappa shape index (κ3) is 2.97. The van der Waals surface area contributed by atoms with Crippen molar-refractivity contribution in [2.45, 2.75) is 0 Å². The van der Waals surface area contributed by atoms with E-state index in [2.05, 4.69) is 52.1 Å². The number of hydrogen-bond acceptors (Lipinski definition) is 4. The zero-order valence-electron chi connectivity index (χ0n) is 7.48. The van der Waals surface area contributed by atoms with Crippen molar-refractivity contribution >= 4 is 43.4 Å². The second kappa shape index (κ2) is 4.67. The molecule has 4 nitrogen and oxygen atoms in total. The zero-order valence-corrected chi connectivity index (χ0v) is 10.7. The molecule has 0 saturated heterocycles. The number of nitrogens with one attached hydrogen (secondary N) is 1. The van der Waals surface area contributed by atoms with Crippen LogP contribution in [0.5, 0.6) is 0 Å². The van der Waals surface area contributed by atoms with Gasteiger partial charge in [0, 0.05) is 16.7 Å². The Morgan fingerprint density at radius 2 is 1.93 bits per heavy atom. The van der Waals surface area contributed by atoms with Crippen LogP contribution in [0.25, 0.3) is 0 Å². The van der Waals surface area contributed by atoms with E-state index in [1.165, 1.54) is 6.33 Å². The molecule has 0 saturated carbocycles. The first kappa shape index (κ1) is 10.5. The number of pyridine rings is 1. The van der Waals surface area contributed by atoms with Gasteiger partial charge in [-0.3, -0.25) is 4.98 Å². The van der Waals surface area contributed by atoms with Gasteiger partial charge in [-0.15, -0.1) is 0 Å². The van der Waals surface area contributed by atoms with Crippen molar-refractivity contribution in [3.8, 4) is 0 Å². The average Bonchev–Trinajstić information content (AvgIpc) is 2.17. The smallest absolute Gasteiger partial charge is 0.134 e. The van der Waals surface area contributed by atoms with Crippen LogP contribution in [-0.4, -0.2) is 15.0 Å². The summed E-state index contributed by atoms with van der Waals surface area (Å²) in [6, 6.07) is 3.71. The molecular formula is C9H6Br2N4. The molecule has 0 bridgehead atoms. The Labute approximate surface area is 103 Å². The molecule has 0 amide bonds. The van der Waals surface area contributed by atoms with Crippen molar-refractivity contribution in [3.63, 3.8) is 0 Å². The first-order valence-corrected chi connectivity index (χ1v) is 5.68.